The molecule has 3 heterocycles. The van der Waals surface area contributed by atoms with Crippen molar-refractivity contribution in [3.63, 3.8) is 0 Å². The fourth-order valence-electron chi connectivity index (χ4n) is 5.01. The summed E-state index contributed by atoms with van der Waals surface area (Å²) in [6.45, 7) is 4.23. The zero-order valence-corrected chi connectivity index (χ0v) is 21.6. The van der Waals surface area contributed by atoms with Gasteiger partial charge in [-0.2, -0.15) is 0 Å². The molecular weight excluding hydrogens is 483 g/mol. The molecule has 5 atom stereocenters. The first-order valence-electron chi connectivity index (χ1n) is 12.5. The zero-order chi connectivity index (χ0) is 25.8. The van der Waals surface area contributed by atoms with Crippen molar-refractivity contribution in [2.45, 2.75) is 76.2 Å². The molecule has 0 aliphatic carbocycles. The van der Waals surface area contributed by atoms with Crippen LogP contribution >= 0.6 is 11.3 Å². The predicted octanol–water partition coefficient (Wildman–Crippen LogP) is 3.23. The van der Waals surface area contributed by atoms with Gasteiger partial charge >= 0.3 is 0 Å². The Balaban J connectivity index is 1.57. The third-order valence-electron chi connectivity index (χ3n) is 7.07. The molecule has 36 heavy (non-hydrogen) atoms. The van der Waals surface area contributed by atoms with Crippen molar-refractivity contribution in [2.24, 2.45) is 0 Å². The van der Waals surface area contributed by atoms with Crippen molar-refractivity contribution in [3.05, 3.63) is 51.7 Å². The highest BCUT2D eigenvalue weighted by molar-refractivity contribution is 7.10. The van der Waals surface area contributed by atoms with Gasteiger partial charge in [-0.15, -0.1) is 11.3 Å². The number of carbonyl (C=O) groups excluding carboxylic acids is 3. The number of ketones is 1. The molecule has 8 nitrogen and oxygen atoms in total. The van der Waals surface area contributed by atoms with E-state index in [9.17, 15) is 18.8 Å². The summed E-state index contributed by atoms with van der Waals surface area (Å²) in [7, 11) is 1.70. The number of likely N-dealkylation sites (N-methyl/N-ethyl adjacent to an activating group) is 1. The highest BCUT2D eigenvalue weighted by atomic mass is 32.1. The Bertz CT molecular complexity index is 1090. The quantitative estimate of drug-likeness (QED) is 0.523. The first kappa shape index (κ1) is 26.4. The predicted molar refractivity (Wildman–Crippen MR) is 134 cm³/mol. The van der Waals surface area contributed by atoms with Crippen LogP contribution in [0.1, 0.15) is 73.1 Å². The fraction of sp³-hybridized carbons (Fsp3) is 0.538. The Kier molecular flexibility index (Phi) is 8.48. The number of carbonyl (C=O) groups is 3. The first-order valence-corrected chi connectivity index (χ1v) is 13.4. The van der Waals surface area contributed by atoms with Gasteiger partial charge in [0.25, 0.3) is 0 Å². The molecule has 0 spiro atoms. The lowest BCUT2D eigenvalue weighted by Crippen LogP contribution is -2.56. The van der Waals surface area contributed by atoms with Gasteiger partial charge in [0.05, 0.1) is 18.2 Å². The largest absolute Gasteiger partial charge is 0.378 e. The highest BCUT2D eigenvalue weighted by Gasteiger charge is 2.44. The summed E-state index contributed by atoms with van der Waals surface area (Å²) in [4.78, 5) is 45.9. The lowest BCUT2D eigenvalue weighted by molar-refractivity contribution is -0.142. The van der Waals surface area contributed by atoms with Gasteiger partial charge < -0.3 is 20.3 Å². The fourth-order valence-corrected chi connectivity index (χ4v) is 5.94. The van der Waals surface area contributed by atoms with Crippen molar-refractivity contribution in [2.75, 3.05) is 13.7 Å². The molecule has 194 valence electrons. The molecular formula is C26H33FN4O4S. The summed E-state index contributed by atoms with van der Waals surface area (Å²) in [6.07, 6.45) is 3.49. The van der Waals surface area contributed by atoms with E-state index in [1.807, 2.05) is 11.8 Å². The van der Waals surface area contributed by atoms with Crippen LogP contribution in [0.2, 0.25) is 0 Å². The number of nitrogens with zero attached hydrogens (tertiary/aromatic N) is 2. The van der Waals surface area contributed by atoms with E-state index in [0.29, 0.717) is 23.6 Å². The van der Waals surface area contributed by atoms with E-state index in [1.165, 1.54) is 35.6 Å². The molecule has 2 N–H and O–H groups in total. The Labute approximate surface area is 214 Å². The molecule has 2 amide bonds. The molecule has 2 aliphatic rings. The average Bonchev–Trinajstić information content (AvgIpc) is 3.52. The van der Waals surface area contributed by atoms with E-state index >= 15 is 0 Å². The van der Waals surface area contributed by atoms with E-state index < -0.39 is 17.9 Å². The zero-order valence-electron chi connectivity index (χ0n) is 20.8. The van der Waals surface area contributed by atoms with E-state index in [0.717, 1.165) is 25.7 Å². The van der Waals surface area contributed by atoms with Crippen LogP contribution in [-0.4, -0.2) is 65.4 Å². The van der Waals surface area contributed by atoms with Crippen LogP contribution in [0.5, 0.6) is 0 Å². The number of fused-ring (bicyclic) bond motifs is 1. The molecule has 0 radical (unpaired) electrons. The second kappa shape index (κ2) is 11.6. The number of ether oxygens (including phenoxy) is 1. The number of hydrogen-bond acceptors (Lipinski definition) is 7. The summed E-state index contributed by atoms with van der Waals surface area (Å²) in [5, 5.41) is 8.25. The van der Waals surface area contributed by atoms with Gasteiger partial charge in [0.1, 0.15) is 22.6 Å². The van der Waals surface area contributed by atoms with Gasteiger partial charge in [0, 0.05) is 30.0 Å². The normalized spacial score (nSPS) is 25.1. The smallest absolute Gasteiger partial charge is 0.246 e. The molecule has 0 saturated carbocycles. The topological polar surface area (TPSA) is 101 Å². The third-order valence-corrected chi connectivity index (χ3v) is 8.01. The average molecular weight is 517 g/mol. The SMILES string of the molecule is CCO[C@@H]1CC[C@H]2CC[C@@H](c3nc(C(=O)c4ccc(F)cc4)cs3)N2C(=O)[C@@H](NC(=O)[C@H](C)NC)C1. The van der Waals surface area contributed by atoms with E-state index in [4.69, 9.17) is 4.74 Å². The minimum atomic E-state index is -0.700. The van der Waals surface area contributed by atoms with Crippen LogP contribution in [0, 0.1) is 5.82 Å². The Morgan fingerprint density at radius 2 is 1.94 bits per heavy atom. The summed E-state index contributed by atoms with van der Waals surface area (Å²) in [6, 6.07) is 4.02. The molecule has 0 unspecified atom stereocenters. The van der Waals surface area contributed by atoms with Crippen molar-refractivity contribution in [3.8, 4) is 0 Å². The number of benzene rings is 1. The lowest BCUT2D eigenvalue weighted by atomic mass is 9.96. The van der Waals surface area contributed by atoms with Crippen LogP contribution < -0.4 is 10.6 Å². The maximum absolute atomic E-state index is 13.9. The number of hydrogen-bond donors (Lipinski definition) is 2. The molecule has 2 aliphatic heterocycles. The van der Waals surface area contributed by atoms with Gasteiger partial charge in [-0.05, 0) is 70.8 Å². The van der Waals surface area contributed by atoms with Crippen LogP contribution in [0.3, 0.4) is 0 Å². The van der Waals surface area contributed by atoms with Gasteiger partial charge in [-0.1, -0.05) is 0 Å². The number of aromatic nitrogens is 1. The molecule has 0 bridgehead atoms. The summed E-state index contributed by atoms with van der Waals surface area (Å²) in [5.41, 5.74) is 0.650. The molecule has 2 saturated heterocycles. The third kappa shape index (κ3) is 5.66. The van der Waals surface area contributed by atoms with Crippen molar-refractivity contribution >= 4 is 28.9 Å². The van der Waals surface area contributed by atoms with Crippen LogP contribution in [0.15, 0.2) is 29.6 Å². The maximum atomic E-state index is 13.9. The maximum Gasteiger partial charge on any atom is 0.246 e. The summed E-state index contributed by atoms with van der Waals surface area (Å²) in [5.74, 6) is -1.06. The number of thiazole rings is 1. The number of rotatable bonds is 8. The minimum absolute atomic E-state index is 0.0204. The number of nitrogens with one attached hydrogen (secondary N) is 2. The first-order chi connectivity index (χ1) is 17.3. The van der Waals surface area contributed by atoms with Crippen LogP contribution in [0.25, 0.3) is 0 Å². The highest BCUT2D eigenvalue weighted by Crippen LogP contribution is 2.41. The Hall–Kier alpha value is -2.69. The number of halogens is 1. The van der Waals surface area contributed by atoms with Gasteiger partial charge in [-0.3, -0.25) is 14.4 Å². The van der Waals surface area contributed by atoms with Crippen LogP contribution in [-0.2, 0) is 14.3 Å². The summed E-state index contributed by atoms with van der Waals surface area (Å²) < 4.78 is 19.2. The molecule has 2 aromatic rings. The second-order valence-electron chi connectivity index (χ2n) is 9.36. The van der Waals surface area contributed by atoms with Crippen molar-refractivity contribution < 1.29 is 23.5 Å². The second-order valence-corrected chi connectivity index (χ2v) is 10.3. The van der Waals surface area contributed by atoms with E-state index in [1.54, 1.807) is 19.4 Å². The number of amides is 2. The standard InChI is InChI=1S/C26H33FN4O4S/c1-4-35-19-11-9-18-10-12-22(31(18)26(34)20(13-19)29-24(33)15(2)28-3)25-30-21(14-36-25)23(32)16-5-7-17(27)8-6-16/h5-8,14-15,18-20,22,28H,4,9-13H2,1-3H3,(H,29,33)/t15-,18-,19+,20-,22-/m0/s1. The van der Waals surface area contributed by atoms with Crippen molar-refractivity contribution in [1.29, 1.82) is 0 Å². The molecule has 2 fully saturated rings. The minimum Gasteiger partial charge on any atom is -0.378 e. The Morgan fingerprint density at radius 1 is 1.22 bits per heavy atom. The van der Waals surface area contributed by atoms with Gasteiger partial charge in [-0.25, -0.2) is 9.37 Å². The molecule has 1 aromatic carbocycles. The van der Waals surface area contributed by atoms with Crippen LogP contribution in [0.4, 0.5) is 4.39 Å². The van der Waals surface area contributed by atoms with E-state index in [-0.39, 0.29) is 41.5 Å². The van der Waals surface area contributed by atoms with Gasteiger partial charge in [0.2, 0.25) is 17.6 Å². The van der Waals surface area contributed by atoms with E-state index in [2.05, 4.69) is 15.6 Å². The monoisotopic (exact) mass is 516 g/mol. The van der Waals surface area contributed by atoms with Crippen molar-refractivity contribution in [1.82, 2.24) is 20.5 Å². The lowest BCUT2D eigenvalue weighted by Gasteiger charge is -2.37. The molecule has 10 heteroatoms. The van der Waals surface area contributed by atoms with Gasteiger partial charge in [0.15, 0.2) is 0 Å². The molecule has 1 aromatic heterocycles. The summed E-state index contributed by atoms with van der Waals surface area (Å²) >= 11 is 1.35. The molecule has 4 rings (SSSR count). The Morgan fingerprint density at radius 3 is 2.64 bits per heavy atom.